The number of ketones is 1. The van der Waals surface area contributed by atoms with Gasteiger partial charge in [-0.05, 0) is 35.6 Å². The average Bonchev–Trinajstić information content (AvgIpc) is 2.70. The molecule has 1 N–H and O–H groups in total. The highest BCUT2D eigenvalue weighted by molar-refractivity contribution is 5.98. The number of methoxy groups -OCH3 is 1. The van der Waals surface area contributed by atoms with E-state index in [1.54, 1.807) is 7.11 Å². The number of rotatable bonds is 9. The van der Waals surface area contributed by atoms with Crippen LogP contribution in [-0.2, 0) is 11.2 Å². The van der Waals surface area contributed by atoms with Crippen LogP contribution in [0.5, 0.6) is 5.75 Å². The fourth-order valence-corrected chi connectivity index (χ4v) is 2.99. The number of carbonyl (C=O) groups excluding carboxylic acids is 2. The summed E-state index contributed by atoms with van der Waals surface area (Å²) in [5, 5.41) is 3.06. The number of benzene rings is 2. The fraction of sp³-hybridized carbons (Fsp3) is 0.391. The van der Waals surface area contributed by atoms with Gasteiger partial charge in [-0.3, -0.25) is 9.59 Å². The van der Waals surface area contributed by atoms with E-state index in [2.05, 4.69) is 26.1 Å². The molecule has 0 heterocycles. The van der Waals surface area contributed by atoms with E-state index in [1.165, 1.54) is 5.56 Å². The van der Waals surface area contributed by atoms with E-state index in [1.807, 2.05) is 48.5 Å². The molecule has 0 fully saturated rings. The second-order valence-corrected chi connectivity index (χ2v) is 7.04. The van der Waals surface area contributed by atoms with Crippen molar-refractivity contribution < 1.29 is 14.3 Å². The van der Waals surface area contributed by atoms with E-state index in [0.717, 1.165) is 17.7 Å². The van der Waals surface area contributed by atoms with Crippen LogP contribution in [0.3, 0.4) is 0 Å². The van der Waals surface area contributed by atoms with Gasteiger partial charge in [0.1, 0.15) is 5.75 Å². The third-order valence-corrected chi connectivity index (χ3v) is 4.72. The van der Waals surface area contributed by atoms with Crippen molar-refractivity contribution in [3.05, 3.63) is 65.2 Å². The summed E-state index contributed by atoms with van der Waals surface area (Å²) in [5.74, 6) is 0.910. The highest BCUT2D eigenvalue weighted by Crippen LogP contribution is 2.24. The number of aryl methyl sites for hydroxylation is 1. The van der Waals surface area contributed by atoms with Crippen LogP contribution in [0, 0.1) is 5.92 Å². The smallest absolute Gasteiger partial charge is 0.220 e. The van der Waals surface area contributed by atoms with Crippen molar-refractivity contribution in [2.45, 2.75) is 46.1 Å². The van der Waals surface area contributed by atoms with Gasteiger partial charge in [0.15, 0.2) is 5.78 Å². The summed E-state index contributed by atoms with van der Waals surface area (Å²) in [6.07, 6.45) is 1.34. The zero-order chi connectivity index (χ0) is 19.8. The van der Waals surface area contributed by atoms with Crippen LogP contribution in [0.2, 0.25) is 0 Å². The van der Waals surface area contributed by atoms with Gasteiger partial charge in [0.25, 0.3) is 0 Å². The van der Waals surface area contributed by atoms with Crippen molar-refractivity contribution in [2.24, 2.45) is 5.92 Å². The zero-order valence-corrected chi connectivity index (χ0v) is 16.6. The molecule has 2 aromatic rings. The topological polar surface area (TPSA) is 55.4 Å². The molecule has 4 heteroatoms. The maximum Gasteiger partial charge on any atom is 0.220 e. The first-order valence-corrected chi connectivity index (χ1v) is 9.50. The molecule has 0 aliphatic rings. The molecule has 1 amide bonds. The van der Waals surface area contributed by atoms with Gasteiger partial charge in [0.05, 0.1) is 13.2 Å². The van der Waals surface area contributed by atoms with Gasteiger partial charge >= 0.3 is 0 Å². The van der Waals surface area contributed by atoms with Gasteiger partial charge in [0.2, 0.25) is 5.91 Å². The van der Waals surface area contributed by atoms with E-state index in [9.17, 15) is 9.59 Å². The molecule has 144 valence electrons. The standard InChI is InChI=1S/C23H29NO3/c1-5-17-6-8-18(9-7-17)21(25)14-15-22(26)24-23(16(2)3)19-10-12-20(27-4)13-11-19/h6-13,16,23H,5,14-15H2,1-4H3,(H,24,26). The number of nitrogens with one attached hydrogen (secondary N) is 1. The van der Waals surface area contributed by atoms with Crippen LogP contribution in [0.1, 0.15) is 61.1 Å². The molecule has 0 spiro atoms. The third kappa shape index (κ3) is 5.95. The number of hydrogen-bond donors (Lipinski definition) is 1. The highest BCUT2D eigenvalue weighted by atomic mass is 16.5. The van der Waals surface area contributed by atoms with E-state index in [-0.39, 0.29) is 36.5 Å². The molecule has 1 unspecified atom stereocenters. The molecule has 0 aromatic heterocycles. The maximum absolute atomic E-state index is 12.4. The van der Waals surface area contributed by atoms with Crippen LogP contribution < -0.4 is 10.1 Å². The molecular weight excluding hydrogens is 338 g/mol. The molecule has 0 aliphatic carbocycles. The van der Waals surface area contributed by atoms with E-state index < -0.39 is 0 Å². The maximum atomic E-state index is 12.4. The first-order valence-electron chi connectivity index (χ1n) is 9.50. The summed E-state index contributed by atoms with van der Waals surface area (Å²) in [6, 6.07) is 15.2. The number of Topliss-reactive ketones (excluding diaryl/α,β-unsaturated/α-hetero) is 1. The first-order chi connectivity index (χ1) is 12.9. The molecule has 0 saturated carbocycles. The van der Waals surface area contributed by atoms with Gasteiger partial charge in [0, 0.05) is 18.4 Å². The minimum Gasteiger partial charge on any atom is -0.497 e. The Bertz CT molecular complexity index is 748. The normalized spacial score (nSPS) is 11.9. The van der Waals surface area contributed by atoms with Crippen LogP contribution in [0.4, 0.5) is 0 Å². The van der Waals surface area contributed by atoms with Crippen LogP contribution >= 0.6 is 0 Å². The Labute approximate surface area is 161 Å². The Kier molecular flexibility index (Phi) is 7.59. The predicted molar refractivity (Wildman–Crippen MR) is 108 cm³/mol. The van der Waals surface area contributed by atoms with Crippen molar-refractivity contribution in [1.82, 2.24) is 5.32 Å². The summed E-state index contributed by atoms with van der Waals surface area (Å²) in [7, 11) is 1.63. The summed E-state index contributed by atoms with van der Waals surface area (Å²) in [6.45, 7) is 6.21. The Morgan fingerprint density at radius 2 is 1.59 bits per heavy atom. The number of carbonyl (C=O) groups is 2. The molecule has 0 radical (unpaired) electrons. The SMILES string of the molecule is CCc1ccc(C(=O)CCC(=O)NC(c2ccc(OC)cc2)C(C)C)cc1. The summed E-state index contributed by atoms with van der Waals surface area (Å²) in [4.78, 5) is 24.7. The summed E-state index contributed by atoms with van der Waals surface area (Å²) < 4.78 is 5.19. The van der Waals surface area contributed by atoms with E-state index >= 15 is 0 Å². The first kappa shape index (κ1) is 20.7. The van der Waals surface area contributed by atoms with Gasteiger partial charge < -0.3 is 10.1 Å². The van der Waals surface area contributed by atoms with Crippen LogP contribution in [0.25, 0.3) is 0 Å². The monoisotopic (exact) mass is 367 g/mol. The molecule has 0 saturated heterocycles. The Morgan fingerprint density at radius 1 is 0.963 bits per heavy atom. The molecular formula is C23H29NO3. The third-order valence-electron chi connectivity index (χ3n) is 4.72. The number of amides is 1. The fourth-order valence-electron chi connectivity index (χ4n) is 2.99. The second-order valence-electron chi connectivity index (χ2n) is 7.04. The number of hydrogen-bond acceptors (Lipinski definition) is 3. The van der Waals surface area contributed by atoms with E-state index in [4.69, 9.17) is 4.74 Å². The number of ether oxygens (including phenoxy) is 1. The molecule has 0 aliphatic heterocycles. The van der Waals surface area contributed by atoms with E-state index in [0.29, 0.717) is 5.56 Å². The van der Waals surface area contributed by atoms with Gasteiger partial charge in [-0.2, -0.15) is 0 Å². The van der Waals surface area contributed by atoms with Crippen molar-refractivity contribution in [3.63, 3.8) is 0 Å². The molecule has 0 bridgehead atoms. The highest BCUT2D eigenvalue weighted by Gasteiger charge is 2.19. The lowest BCUT2D eigenvalue weighted by atomic mass is 9.95. The van der Waals surface area contributed by atoms with Crippen molar-refractivity contribution in [3.8, 4) is 5.75 Å². The van der Waals surface area contributed by atoms with Crippen molar-refractivity contribution in [1.29, 1.82) is 0 Å². The quantitative estimate of drug-likeness (QED) is 0.652. The minimum absolute atomic E-state index is 0.00153. The lowest BCUT2D eigenvalue weighted by Gasteiger charge is -2.23. The molecule has 2 rings (SSSR count). The molecule has 2 aromatic carbocycles. The molecule has 27 heavy (non-hydrogen) atoms. The Balaban J connectivity index is 1.93. The molecule has 4 nitrogen and oxygen atoms in total. The zero-order valence-electron chi connectivity index (χ0n) is 16.6. The van der Waals surface area contributed by atoms with Crippen LogP contribution in [-0.4, -0.2) is 18.8 Å². The minimum atomic E-state index is -0.108. The van der Waals surface area contributed by atoms with Crippen LogP contribution in [0.15, 0.2) is 48.5 Å². The Morgan fingerprint density at radius 3 is 2.11 bits per heavy atom. The lowest BCUT2D eigenvalue weighted by Crippen LogP contribution is -2.31. The van der Waals surface area contributed by atoms with Gasteiger partial charge in [-0.1, -0.05) is 57.2 Å². The largest absolute Gasteiger partial charge is 0.497 e. The second kappa shape index (κ2) is 9.91. The van der Waals surface area contributed by atoms with Gasteiger partial charge in [-0.25, -0.2) is 0 Å². The summed E-state index contributed by atoms with van der Waals surface area (Å²) >= 11 is 0. The Hall–Kier alpha value is -2.62. The van der Waals surface area contributed by atoms with Crippen molar-refractivity contribution >= 4 is 11.7 Å². The van der Waals surface area contributed by atoms with Crippen molar-refractivity contribution in [2.75, 3.05) is 7.11 Å². The summed E-state index contributed by atoms with van der Waals surface area (Å²) in [5.41, 5.74) is 2.89. The van der Waals surface area contributed by atoms with Gasteiger partial charge in [-0.15, -0.1) is 0 Å². The lowest BCUT2D eigenvalue weighted by molar-refractivity contribution is -0.122. The average molecular weight is 367 g/mol. The predicted octanol–water partition coefficient (Wildman–Crippen LogP) is 4.73. The molecule has 1 atom stereocenters.